The van der Waals surface area contributed by atoms with E-state index in [1.807, 2.05) is 7.05 Å². The van der Waals surface area contributed by atoms with Crippen LogP contribution in [-0.2, 0) is 0 Å². The van der Waals surface area contributed by atoms with E-state index in [1.165, 1.54) is 16.8 Å². The molecule has 1 aromatic carbocycles. The molecule has 1 aliphatic heterocycles. The lowest BCUT2D eigenvalue weighted by Crippen LogP contribution is -2.59. The molecule has 2 unspecified atom stereocenters. The number of nitrogens with zero attached hydrogens (tertiary/aromatic N) is 2. The fourth-order valence-electron chi connectivity index (χ4n) is 3.07. The molecule has 1 N–H and O–H groups in total. The van der Waals surface area contributed by atoms with Crippen LogP contribution in [0, 0.1) is 13.8 Å². The Morgan fingerprint density at radius 3 is 2.63 bits per heavy atom. The average Bonchev–Trinajstić information content (AvgIpc) is 2.35. The highest BCUT2D eigenvalue weighted by atomic mass is 15.3. The van der Waals surface area contributed by atoms with Gasteiger partial charge in [-0.3, -0.25) is 4.90 Å². The molecule has 1 fully saturated rings. The molecule has 0 radical (unpaired) electrons. The van der Waals surface area contributed by atoms with Gasteiger partial charge in [-0.25, -0.2) is 0 Å². The van der Waals surface area contributed by atoms with E-state index in [2.05, 4.69) is 61.1 Å². The third-order valence-electron chi connectivity index (χ3n) is 4.32. The molecule has 3 heteroatoms. The van der Waals surface area contributed by atoms with Gasteiger partial charge in [-0.15, -0.1) is 0 Å². The first kappa shape index (κ1) is 14.4. The van der Waals surface area contributed by atoms with Crippen LogP contribution in [0.1, 0.15) is 18.1 Å². The van der Waals surface area contributed by atoms with Gasteiger partial charge in [0.1, 0.15) is 0 Å². The van der Waals surface area contributed by atoms with E-state index in [0.717, 1.165) is 19.6 Å². The predicted octanol–water partition coefficient (Wildman–Crippen LogP) is 2.03. The predicted molar refractivity (Wildman–Crippen MR) is 83.1 cm³/mol. The van der Waals surface area contributed by atoms with E-state index in [9.17, 15) is 0 Å². The Kier molecular flexibility index (Phi) is 4.48. The zero-order valence-corrected chi connectivity index (χ0v) is 12.9. The van der Waals surface area contributed by atoms with E-state index in [1.54, 1.807) is 0 Å². The number of nitrogens with one attached hydrogen (secondary N) is 1. The molecule has 3 nitrogen and oxygen atoms in total. The first-order chi connectivity index (χ1) is 9.02. The minimum Gasteiger partial charge on any atom is -0.368 e. The molecule has 1 heterocycles. The van der Waals surface area contributed by atoms with Crippen LogP contribution in [0.2, 0.25) is 0 Å². The van der Waals surface area contributed by atoms with E-state index < -0.39 is 0 Å². The summed E-state index contributed by atoms with van der Waals surface area (Å²) in [5.74, 6) is 0. The number of hydrogen-bond acceptors (Lipinski definition) is 3. The maximum atomic E-state index is 3.32. The van der Waals surface area contributed by atoms with Crippen LogP contribution in [-0.4, -0.2) is 50.7 Å². The van der Waals surface area contributed by atoms with E-state index >= 15 is 0 Å². The van der Waals surface area contributed by atoms with E-state index in [0.29, 0.717) is 12.1 Å². The van der Waals surface area contributed by atoms with Gasteiger partial charge in [0.25, 0.3) is 0 Å². The Labute approximate surface area is 117 Å². The molecule has 1 saturated heterocycles. The van der Waals surface area contributed by atoms with Crippen molar-refractivity contribution in [3.8, 4) is 0 Å². The Balaban J connectivity index is 2.20. The fraction of sp³-hybridized carbons (Fsp3) is 0.625. The van der Waals surface area contributed by atoms with Crippen LogP contribution in [0.3, 0.4) is 0 Å². The molecular weight excluding hydrogens is 234 g/mol. The van der Waals surface area contributed by atoms with Crippen molar-refractivity contribution >= 4 is 5.69 Å². The molecule has 0 spiro atoms. The first-order valence-corrected chi connectivity index (χ1v) is 7.21. The van der Waals surface area contributed by atoms with Crippen LogP contribution in [0.25, 0.3) is 0 Å². The Hall–Kier alpha value is -1.06. The molecule has 0 aliphatic carbocycles. The minimum absolute atomic E-state index is 0.578. The highest BCUT2D eigenvalue weighted by Crippen LogP contribution is 2.25. The molecule has 1 aliphatic rings. The maximum absolute atomic E-state index is 3.32. The highest BCUT2D eigenvalue weighted by molar-refractivity contribution is 5.55. The maximum Gasteiger partial charge on any atom is 0.0397 e. The molecule has 0 saturated carbocycles. The number of rotatable bonds is 3. The molecule has 2 atom stereocenters. The van der Waals surface area contributed by atoms with E-state index in [-0.39, 0.29) is 0 Å². The molecule has 0 aromatic heterocycles. The van der Waals surface area contributed by atoms with E-state index in [4.69, 9.17) is 0 Å². The normalized spacial score (nSPS) is 24.8. The lowest BCUT2D eigenvalue weighted by Gasteiger charge is -2.45. The first-order valence-electron chi connectivity index (χ1n) is 7.21. The van der Waals surface area contributed by atoms with Crippen LogP contribution < -0.4 is 10.2 Å². The van der Waals surface area contributed by atoms with Gasteiger partial charge < -0.3 is 10.2 Å². The largest absolute Gasteiger partial charge is 0.368 e. The van der Waals surface area contributed by atoms with Crippen molar-refractivity contribution in [2.45, 2.75) is 32.9 Å². The second-order valence-corrected chi connectivity index (χ2v) is 5.92. The standard InChI is InChI=1S/C16H27N3/c1-12-6-7-16(13(2)8-12)19-10-14(3)18(5)15(11-19)9-17-4/h6-8,14-15,17H,9-11H2,1-5H3. The van der Waals surface area contributed by atoms with Gasteiger partial charge in [-0.1, -0.05) is 17.7 Å². The number of aryl methyl sites for hydroxylation is 2. The van der Waals surface area contributed by atoms with Crippen LogP contribution >= 0.6 is 0 Å². The highest BCUT2D eigenvalue weighted by Gasteiger charge is 2.29. The second-order valence-electron chi connectivity index (χ2n) is 5.92. The number of hydrogen-bond donors (Lipinski definition) is 1. The molecule has 19 heavy (non-hydrogen) atoms. The lowest BCUT2D eigenvalue weighted by molar-refractivity contribution is 0.157. The van der Waals surface area contributed by atoms with Crippen molar-refractivity contribution < 1.29 is 0 Å². The number of piperazine rings is 1. The summed E-state index contributed by atoms with van der Waals surface area (Å²) in [6.45, 7) is 9.96. The van der Waals surface area contributed by atoms with Crippen LogP contribution in [0.5, 0.6) is 0 Å². The molecule has 0 bridgehead atoms. The van der Waals surface area contributed by atoms with Crippen LogP contribution in [0.4, 0.5) is 5.69 Å². The summed E-state index contributed by atoms with van der Waals surface area (Å²) in [6.07, 6.45) is 0. The summed E-state index contributed by atoms with van der Waals surface area (Å²) < 4.78 is 0. The molecule has 1 aromatic rings. The second kappa shape index (κ2) is 5.93. The van der Waals surface area contributed by atoms with Crippen molar-refractivity contribution in [3.05, 3.63) is 29.3 Å². The summed E-state index contributed by atoms with van der Waals surface area (Å²) in [6, 6.07) is 7.95. The fourth-order valence-corrected chi connectivity index (χ4v) is 3.07. The molecule has 2 rings (SSSR count). The Morgan fingerprint density at radius 1 is 1.26 bits per heavy atom. The third-order valence-corrected chi connectivity index (χ3v) is 4.32. The molecule has 0 amide bonds. The monoisotopic (exact) mass is 261 g/mol. The number of likely N-dealkylation sites (N-methyl/N-ethyl adjacent to an activating group) is 2. The van der Waals surface area contributed by atoms with Gasteiger partial charge >= 0.3 is 0 Å². The topological polar surface area (TPSA) is 18.5 Å². The van der Waals surface area contributed by atoms with Gasteiger partial charge in [-0.05, 0) is 46.5 Å². The smallest absolute Gasteiger partial charge is 0.0397 e. The number of anilines is 1. The van der Waals surface area contributed by atoms with Crippen molar-refractivity contribution in [2.75, 3.05) is 38.6 Å². The van der Waals surface area contributed by atoms with Crippen molar-refractivity contribution in [2.24, 2.45) is 0 Å². The van der Waals surface area contributed by atoms with Gasteiger partial charge in [0.15, 0.2) is 0 Å². The third kappa shape index (κ3) is 3.10. The zero-order chi connectivity index (χ0) is 14.0. The summed E-state index contributed by atoms with van der Waals surface area (Å²) in [5.41, 5.74) is 4.13. The summed E-state index contributed by atoms with van der Waals surface area (Å²) >= 11 is 0. The summed E-state index contributed by atoms with van der Waals surface area (Å²) in [4.78, 5) is 5.04. The lowest BCUT2D eigenvalue weighted by atomic mass is 10.0. The number of benzene rings is 1. The van der Waals surface area contributed by atoms with Gasteiger partial charge in [-0.2, -0.15) is 0 Å². The van der Waals surface area contributed by atoms with Gasteiger partial charge in [0, 0.05) is 37.4 Å². The molecule has 106 valence electrons. The Bertz CT molecular complexity index is 430. The van der Waals surface area contributed by atoms with Crippen molar-refractivity contribution in [1.29, 1.82) is 0 Å². The summed E-state index contributed by atoms with van der Waals surface area (Å²) in [7, 11) is 4.28. The Morgan fingerprint density at radius 2 is 2.00 bits per heavy atom. The zero-order valence-electron chi connectivity index (χ0n) is 12.9. The summed E-state index contributed by atoms with van der Waals surface area (Å²) in [5, 5.41) is 3.32. The quantitative estimate of drug-likeness (QED) is 0.898. The SMILES string of the molecule is CNCC1CN(c2ccc(C)cc2C)CC(C)N1C. The minimum atomic E-state index is 0.578. The van der Waals surface area contributed by atoms with Gasteiger partial charge in [0.2, 0.25) is 0 Å². The molecular formula is C16H27N3. The van der Waals surface area contributed by atoms with Gasteiger partial charge in [0.05, 0.1) is 0 Å². The van der Waals surface area contributed by atoms with Crippen LogP contribution in [0.15, 0.2) is 18.2 Å². The average molecular weight is 261 g/mol. The van der Waals surface area contributed by atoms with Crippen molar-refractivity contribution in [3.63, 3.8) is 0 Å². The van der Waals surface area contributed by atoms with Crippen molar-refractivity contribution in [1.82, 2.24) is 10.2 Å².